The van der Waals surface area contributed by atoms with Gasteiger partial charge in [0.1, 0.15) is 0 Å². The van der Waals surface area contributed by atoms with Crippen LogP contribution in [0.2, 0.25) is 0 Å². The molecular weight excluding hydrogens is 208 g/mol. The third-order valence-electron chi connectivity index (χ3n) is 2.74. The van der Waals surface area contributed by atoms with E-state index in [0.29, 0.717) is 0 Å². The summed E-state index contributed by atoms with van der Waals surface area (Å²) in [4.78, 5) is 0. The number of aromatic amines is 1. The largest absolute Gasteiger partial charge is 0.285 e. The molecule has 0 unspecified atom stereocenters. The Labute approximate surface area is 99.6 Å². The van der Waals surface area contributed by atoms with Crippen LogP contribution in [0.1, 0.15) is 11.3 Å². The minimum Gasteiger partial charge on any atom is -0.285 e. The highest BCUT2D eigenvalue weighted by molar-refractivity contribution is 5.85. The van der Waals surface area contributed by atoms with Gasteiger partial charge >= 0.3 is 0 Å². The van der Waals surface area contributed by atoms with E-state index in [9.17, 15) is 0 Å². The Morgan fingerprint density at radius 3 is 2.59 bits per heavy atom. The first-order chi connectivity index (χ1) is 8.42. The number of nitrogens with one attached hydrogen (secondary N) is 1. The van der Waals surface area contributed by atoms with Crippen LogP contribution < -0.4 is 0 Å². The van der Waals surface area contributed by atoms with E-state index in [1.807, 2.05) is 18.3 Å². The standard InChI is InChI=1S/C15H12N2/c1-2-4-14-11-12(5-7-13(14)3-1)6-8-15-9-10-16-17-15/h1-11H,(H,16,17)/b8-6-. The van der Waals surface area contributed by atoms with Crippen LogP contribution in [0.3, 0.4) is 0 Å². The van der Waals surface area contributed by atoms with E-state index in [0.717, 1.165) is 5.69 Å². The lowest BCUT2D eigenvalue weighted by Crippen LogP contribution is -1.75. The van der Waals surface area contributed by atoms with Gasteiger partial charge in [-0.15, -0.1) is 0 Å². The SMILES string of the molecule is C(=C/c1cc[nH]n1)/c1ccc2ccccc2c1. The van der Waals surface area contributed by atoms with Crippen molar-refractivity contribution in [1.29, 1.82) is 0 Å². The lowest BCUT2D eigenvalue weighted by atomic mass is 10.1. The molecule has 1 N–H and O–H groups in total. The normalized spacial score (nSPS) is 11.3. The quantitative estimate of drug-likeness (QED) is 0.700. The molecule has 0 spiro atoms. The van der Waals surface area contributed by atoms with Crippen molar-refractivity contribution < 1.29 is 0 Å². The van der Waals surface area contributed by atoms with Crippen molar-refractivity contribution >= 4 is 22.9 Å². The van der Waals surface area contributed by atoms with Crippen LogP contribution >= 0.6 is 0 Å². The van der Waals surface area contributed by atoms with E-state index in [1.54, 1.807) is 0 Å². The van der Waals surface area contributed by atoms with E-state index in [4.69, 9.17) is 0 Å². The molecule has 0 aliphatic carbocycles. The van der Waals surface area contributed by atoms with Crippen molar-refractivity contribution in [2.75, 3.05) is 0 Å². The molecule has 0 amide bonds. The van der Waals surface area contributed by atoms with E-state index in [2.05, 4.69) is 58.7 Å². The number of H-pyrrole nitrogens is 1. The van der Waals surface area contributed by atoms with Crippen LogP contribution in [-0.4, -0.2) is 10.2 Å². The van der Waals surface area contributed by atoms with Crippen molar-refractivity contribution in [1.82, 2.24) is 10.2 Å². The summed E-state index contributed by atoms with van der Waals surface area (Å²) in [5.74, 6) is 0. The molecule has 0 fully saturated rings. The molecule has 1 heterocycles. The third kappa shape index (κ3) is 2.11. The number of rotatable bonds is 2. The van der Waals surface area contributed by atoms with Gasteiger partial charge in [-0.05, 0) is 34.5 Å². The molecule has 2 heteroatoms. The molecule has 2 aromatic carbocycles. The van der Waals surface area contributed by atoms with Crippen molar-refractivity contribution in [3.8, 4) is 0 Å². The second kappa shape index (κ2) is 4.26. The predicted molar refractivity (Wildman–Crippen MR) is 71.5 cm³/mol. The second-order valence-electron chi connectivity index (χ2n) is 3.94. The smallest absolute Gasteiger partial charge is 0.0848 e. The van der Waals surface area contributed by atoms with Gasteiger partial charge in [-0.3, -0.25) is 5.10 Å². The molecule has 0 saturated heterocycles. The molecule has 0 atom stereocenters. The Kier molecular flexibility index (Phi) is 2.47. The fraction of sp³-hybridized carbons (Fsp3) is 0. The van der Waals surface area contributed by atoms with Crippen LogP contribution in [0.25, 0.3) is 22.9 Å². The molecule has 0 aliphatic rings. The van der Waals surface area contributed by atoms with E-state index in [-0.39, 0.29) is 0 Å². The highest BCUT2D eigenvalue weighted by Gasteiger charge is 1.93. The van der Waals surface area contributed by atoms with Gasteiger partial charge < -0.3 is 0 Å². The number of nitrogens with zero attached hydrogens (tertiary/aromatic N) is 1. The summed E-state index contributed by atoms with van der Waals surface area (Å²) in [5.41, 5.74) is 2.13. The monoisotopic (exact) mass is 220 g/mol. The first kappa shape index (κ1) is 9.85. The minimum atomic E-state index is 0.943. The number of aromatic nitrogens is 2. The lowest BCUT2D eigenvalue weighted by Gasteiger charge is -1.98. The van der Waals surface area contributed by atoms with Crippen molar-refractivity contribution in [3.63, 3.8) is 0 Å². The fourth-order valence-corrected chi connectivity index (χ4v) is 1.86. The Balaban J connectivity index is 1.96. The Morgan fingerprint density at radius 2 is 1.76 bits per heavy atom. The molecule has 0 aliphatic heterocycles. The Hall–Kier alpha value is -2.35. The average Bonchev–Trinajstić information content (AvgIpc) is 2.89. The molecule has 0 bridgehead atoms. The molecule has 3 rings (SSSR count). The van der Waals surface area contributed by atoms with Gasteiger partial charge in [-0.2, -0.15) is 5.10 Å². The maximum absolute atomic E-state index is 4.08. The maximum atomic E-state index is 4.08. The highest BCUT2D eigenvalue weighted by atomic mass is 15.1. The van der Waals surface area contributed by atoms with Crippen molar-refractivity contribution in [2.24, 2.45) is 0 Å². The molecule has 2 nitrogen and oxygen atoms in total. The summed E-state index contributed by atoms with van der Waals surface area (Å²) in [6, 6.07) is 16.7. The summed E-state index contributed by atoms with van der Waals surface area (Å²) in [5, 5.41) is 9.40. The minimum absolute atomic E-state index is 0.943. The summed E-state index contributed by atoms with van der Waals surface area (Å²) >= 11 is 0. The third-order valence-corrected chi connectivity index (χ3v) is 2.74. The zero-order valence-electron chi connectivity index (χ0n) is 9.30. The van der Waals surface area contributed by atoms with Gasteiger partial charge in [0.15, 0.2) is 0 Å². The second-order valence-corrected chi connectivity index (χ2v) is 3.94. The first-order valence-corrected chi connectivity index (χ1v) is 5.58. The molecule has 0 saturated carbocycles. The van der Waals surface area contributed by atoms with Crippen LogP contribution in [0.15, 0.2) is 54.7 Å². The van der Waals surface area contributed by atoms with Gasteiger partial charge in [0.2, 0.25) is 0 Å². The van der Waals surface area contributed by atoms with E-state index >= 15 is 0 Å². The van der Waals surface area contributed by atoms with Gasteiger partial charge in [0, 0.05) is 6.20 Å². The van der Waals surface area contributed by atoms with Crippen molar-refractivity contribution in [2.45, 2.75) is 0 Å². The number of benzene rings is 2. The highest BCUT2D eigenvalue weighted by Crippen LogP contribution is 2.17. The van der Waals surface area contributed by atoms with E-state index in [1.165, 1.54) is 16.3 Å². The summed E-state index contributed by atoms with van der Waals surface area (Å²) < 4.78 is 0. The van der Waals surface area contributed by atoms with Crippen LogP contribution in [-0.2, 0) is 0 Å². The Bertz CT molecular complexity index is 652. The molecule has 17 heavy (non-hydrogen) atoms. The molecule has 1 aromatic heterocycles. The predicted octanol–water partition coefficient (Wildman–Crippen LogP) is 3.73. The number of hydrogen-bond donors (Lipinski definition) is 1. The van der Waals surface area contributed by atoms with Gasteiger partial charge in [-0.25, -0.2) is 0 Å². The van der Waals surface area contributed by atoms with Crippen LogP contribution in [0.5, 0.6) is 0 Å². The number of hydrogen-bond acceptors (Lipinski definition) is 1. The molecular formula is C15H12N2. The summed E-state index contributed by atoms with van der Waals surface area (Å²) in [7, 11) is 0. The Morgan fingerprint density at radius 1 is 0.882 bits per heavy atom. The maximum Gasteiger partial charge on any atom is 0.0848 e. The molecule has 0 radical (unpaired) electrons. The first-order valence-electron chi connectivity index (χ1n) is 5.58. The van der Waals surface area contributed by atoms with Gasteiger partial charge in [0.25, 0.3) is 0 Å². The van der Waals surface area contributed by atoms with Crippen LogP contribution in [0, 0.1) is 0 Å². The average molecular weight is 220 g/mol. The topological polar surface area (TPSA) is 28.7 Å². The van der Waals surface area contributed by atoms with Crippen molar-refractivity contribution in [3.05, 3.63) is 66.0 Å². The van der Waals surface area contributed by atoms with E-state index < -0.39 is 0 Å². The fourth-order valence-electron chi connectivity index (χ4n) is 1.86. The molecule has 3 aromatic rings. The lowest BCUT2D eigenvalue weighted by molar-refractivity contribution is 1.08. The molecule has 82 valence electrons. The van der Waals surface area contributed by atoms with Gasteiger partial charge in [0.05, 0.1) is 5.69 Å². The number of fused-ring (bicyclic) bond motifs is 1. The van der Waals surface area contributed by atoms with Crippen LogP contribution in [0.4, 0.5) is 0 Å². The summed E-state index contributed by atoms with van der Waals surface area (Å²) in [6.07, 6.45) is 5.89. The zero-order chi connectivity index (χ0) is 11.5. The van der Waals surface area contributed by atoms with Gasteiger partial charge in [-0.1, -0.05) is 42.5 Å². The summed E-state index contributed by atoms with van der Waals surface area (Å²) in [6.45, 7) is 0. The zero-order valence-corrected chi connectivity index (χ0v) is 9.30.